The van der Waals surface area contributed by atoms with Crippen LogP contribution >= 0.6 is 9.24 Å². The minimum atomic E-state index is 0.731. The standard InChI is InChI=1S/C10H15OP/c1-9-2-4-10(5-3-9)8-11-6-7-12/h2-5H,6-8,12H2,1H3. The molecule has 0 heterocycles. The Labute approximate surface area is 76.3 Å². The maximum absolute atomic E-state index is 5.39. The fraction of sp³-hybridized carbons (Fsp3) is 0.400. The monoisotopic (exact) mass is 182 g/mol. The first-order valence-electron chi connectivity index (χ1n) is 4.16. The van der Waals surface area contributed by atoms with Crippen LogP contribution in [0.15, 0.2) is 24.3 Å². The highest BCUT2D eigenvalue weighted by atomic mass is 31.0. The lowest BCUT2D eigenvalue weighted by molar-refractivity contribution is 0.136. The van der Waals surface area contributed by atoms with Gasteiger partial charge >= 0.3 is 0 Å². The summed E-state index contributed by atoms with van der Waals surface area (Å²) < 4.78 is 5.39. The summed E-state index contributed by atoms with van der Waals surface area (Å²) in [4.78, 5) is 0. The van der Waals surface area contributed by atoms with Crippen LogP contribution in [0.2, 0.25) is 0 Å². The maximum atomic E-state index is 5.39. The van der Waals surface area contributed by atoms with E-state index >= 15 is 0 Å². The van der Waals surface area contributed by atoms with Gasteiger partial charge in [-0.3, -0.25) is 0 Å². The molecule has 0 aromatic heterocycles. The molecule has 0 spiro atoms. The second-order valence-electron chi connectivity index (χ2n) is 2.83. The molecule has 0 saturated carbocycles. The topological polar surface area (TPSA) is 9.23 Å². The molecule has 0 bridgehead atoms. The van der Waals surface area contributed by atoms with Crippen molar-refractivity contribution in [1.29, 1.82) is 0 Å². The Balaban J connectivity index is 2.37. The van der Waals surface area contributed by atoms with Gasteiger partial charge in [0.15, 0.2) is 0 Å². The molecule has 1 nitrogen and oxygen atoms in total. The number of aryl methyl sites for hydroxylation is 1. The predicted molar refractivity (Wildman–Crippen MR) is 55.4 cm³/mol. The smallest absolute Gasteiger partial charge is 0.0717 e. The van der Waals surface area contributed by atoms with E-state index in [0.29, 0.717) is 0 Å². The lowest BCUT2D eigenvalue weighted by Crippen LogP contribution is -1.95. The second-order valence-corrected chi connectivity index (χ2v) is 3.40. The van der Waals surface area contributed by atoms with Crippen molar-refractivity contribution < 1.29 is 4.74 Å². The van der Waals surface area contributed by atoms with E-state index in [4.69, 9.17) is 4.74 Å². The van der Waals surface area contributed by atoms with Crippen molar-refractivity contribution in [2.75, 3.05) is 12.8 Å². The van der Waals surface area contributed by atoms with E-state index in [1.165, 1.54) is 11.1 Å². The summed E-state index contributed by atoms with van der Waals surface area (Å²) in [5.41, 5.74) is 2.55. The third-order valence-electron chi connectivity index (χ3n) is 1.65. The molecule has 0 N–H and O–H groups in total. The summed E-state index contributed by atoms with van der Waals surface area (Å²) in [5.74, 6) is 0. The Morgan fingerprint density at radius 3 is 2.50 bits per heavy atom. The number of benzene rings is 1. The summed E-state index contributed by atoms with van der Waals surface area (Å²) in [5, 5.41) is 0. The maximum Gasteiger partial charge on any atom is 0.0717 e. The van der Waals surface area contributed by atoms with Crippen molar-refractivity contribution in [1.82, 2.24) is 0 Å². The van der Waals surface area contributed by atoms with Crippen molar-refractivity contribution in [3.63, 3.8) is 0 Å². The van der Waals surface area contributed by atoms with Crippen molar-refractivity contribution in [2.45, 2.75) is 13.5 Å². The third-order valence-corrected chi connectivity index (χ3v) is 1.89. The molecule has 0 aliphatic rings. The van der Waals surface area contributed by atoms with E-state index < -0.39 is 0 Å². The van der Waals surface area contributed by atoms with Crippen molar-refractivity contribution >= 4 is 9.24 Å². The number of ether oxygens (including phenoxy) is 1. The van der Waals surface area contributed by atoms with Crippen LogP contribution in [0, 0.1) is 6.92 Å². The third kappa shape index (κ3) is 3.34. The van der Waals surface area contributed by atoms with Crippen molar-refractivity contribution in [2.24, 2.45) is 0 Å². The quantitative estimate of drug-likeness (QED) is 0.513. The molecule has 1 unspecified atom stereocenters. The number of hydrogen-bond donors (Lipinski definition) is 0. The fourth-order valence-corrected chi connectivity index (χ4v) is 1.12. The van der Waals surface area contributed by atoms with Crippen LogP contribution in [0.5, 0.6) is 0 Å². The highest BCUT2D eigenvalue weighted by Crippen LogP contribution is 2.04. The van der Waals surface area contributed by atoms with Crippen LogP contribution in [0.1, 0.15) is 11.1 Å². The molecule has 0 fully saturated rings. The van der Waals surface area contributed by atoms with Gasteiger partial charge in [0.05, 0.1) is 13.2 Å². The molecule has 1 aromatic rings. The van der Waals surface area contributed by atoms with Crippen LogP contribution in [-0.2, 0) is 11.3 Å². The van der Waals surface area contributed by atoms with Gasteiger partial charge in [-0.1, -0.05) is 29.8 Å². The Kier molecular flexibility index (Phi) is 4.27. The largest absolute Gasteiger partial charge is 0.376 e. The molecule has 1 atom stereocenters. The Hall–Kier alpha value is -0.390. The van der Waals surface area contributed by atoms with E-state index in [-0.39, 0.29) is 0 Å². The van der Waals surface area contributed by atoms with Gasteiger partial charge in [-0.05, 0) is 18.6 Å². The van der Waals surface area contributed by atoms with Crippen LogP contribution in [0.3, 0.4) is 0 Å². The van der Waals surface area contributed by atoms with Gasteiger partial charge in [0, 0.05) is 0 Å². The van der Waals surface area contributed by atoms with Gasteiger partial charge in [-0.15, -0.1) is 9.24 Å². The average molecular weight is 182 g/mol. The first-order chi connectivity index (χ1) is 5.83. The molecule has 0 saturated heterocycles. The van der Waals surface area contributed by atoms with Crippen LogP contribution in [0.4, 0.5) is 0 Å². The van der Waals surface area contributed by atoms with E-state index in [0.717, 1.165) is 19.4 Å². The molecule has 2 heteroatoms. The zero-order chi connectivity index (χ0) is 8.81. The van der Waals surface area contributed by atoms with E-state index in [9.17, 15) is 0 Å². The SMILES string of the molecule is Cc1ccc(COCCP)cc1. The van der Waals surface area contributed by atoms with Gasteiger partial charge in [-0.25, -0.2) is 0 Å². The van der Waals surface area contributed by atoms with Gasteiger partial charge in [0.25, 0.3) is 0 Å². The molecule has 1 aromatic carbocycles. The Morgan fingerprint density at radius 1 is 1.25 bits per heavy atom. The summed E-state index contributed by atoms with van der Waals surface area (Å²) in [7, 11) is 2.65. The number of hydrogen-bond acceptors (Lipinski definition) is 1. The summed E-state index contributed by atoms with van der Waals surface area (Å²) in [6.07, 6.45) is 1.01. The van der Waals surface area contributed by atoms with E-state index in [2.05, 4.69) is 40.4 Å². The van der Waals surface area contributed by atoms with Crippen LogP contribution in [0.25, 0.3) is 0 Å². The highest BCUT2D eigenvalue weighted by molar-refractivity contribution is 7.16. The second kappa shape index (κ2) is 5.29. The molecule has 1 rings (SSSR count). The first-order valence-corrected chi connectivity index (χ1v) is 4.98. The molecule has 0 aliphatic carbocycles. The Morgan fingerprint density at radius 2 is 1.92 bits per heavy atom. The molecular formula is C10H15OP. The predicted octanol–water partition coefficient (Wildman–Crippen LogP) is 2.39. The van der Waals surface area contributed by atoms with Crippen molar-refractivity contribution in [3.05, 3.63) is 35.4 Å². The highest BCUT2D eigenvalue weighted by Gasteiger charge is 1.91. The average Bonchev–Trinajstić information content (AvgIpc) is 2.09. The molecule has 0 radical (unpaired) electrons. The fourth-order valence-electron chi connectivity index (χ4n) is 0.958. The summed E-state index contributed by atoms with van der Waals surface area (Å²) in [6, 6.07) is 8.44. The van der Waals surface area contributed by atoms with Crippen LogP contribution < -0.4 is 0 Å². The van der Waals surface area contributed by atoms with E-state index in [1.807, 2.05) is 0 Å². The summed E-state index contributed by atoms with van der Waals surface area (Å²) in [6.45, 7) is 3.64. The minimum absolute atomic E-state index is 0.731. The van der Waals surface area contributed by atoms with Gasteiger partial charge in [-0.2, -0.15) is 0 Å². The minimum Gasteiger partial charge on any atom is -0.376 e. The Bertz CT molecular complexity index is 218. The van der Waals surface area contributed by atoms with Crippen LogP contribution in [-0.4, -0.2) is 12.8 Å². The molecule has 0 amide bonds. The lowest BCUT2D eigenvalue weighted by atomic mass is 10.2. The van der Waals surface area contributed by atoms with Crippen molar-refractivity contribution in [3.8, 4) is 0 Å². The van der Waals surface area contributed by atoms with Gasteiger partial charge in [0.2, 0.25) is 0 Å². The molecular weight excluding hydrogens is 167 g/mol. The zero-order valence-electron chi connectivity index (χ0n) is 7.42. The van der Waals surface area contributed by atoms with E-state index in [1.54, 1.807) is 0 Å². The zero-order valence-corrected chi connectivity index (χ0v) is 8.57. The van der Waals surface area contributed by atoms with Gasteiger partial charge < -0.3 is 4.74 Å². The lowest BCUT2D eigenvalue weighted by Gasteiger charge is -2.02. The molecule has 12 heavy (non-hydrogen) atoms. The van der Waals surface area contributed by atoms with Gasteiger partial charge in [0.1, 0.15) is 0 Å². The normalized spacial score (nSPS) is 10.2. The summed E-state index contributed by atoms with van der Waals surface area (Å²) >= 11 is 0. The molecule has 66 valence electrons. The molecule has 0 aliphatic heterocycles. The number of rotatable bonds is 4. The first kappa shape index (κ1) is 9.70.